The van der Waals surface area contributed by atoms with E-state index < -0.39 is 11.9 Å². The molecule has 31 heavy (non-hydrogen) atoms. The van der Waals surface area contributed by atoms with Crippen LogP contribution in [0.4, 0.5) is 5.69 Å². The molecule has 1 amide bonds. The maximum Gasteiger partial charge on any atom is 0.397 e. The third-order valence-corrected chi connectivity index (χ3v) is 4.96. The fraction of sp³-hybridized carbons (Fsp3) is 0.167. The summed E-state index contributed by atoms with van der Waals surface area (Å²) in [5, 5.41) is 2.82. The Kier molecular flexibility index (Phi) is 7.55. The fourth-order valence-electron chi connectivity index (χ4n) is 2.76. The minimum absolute atomic E-state index is 0.00315. The first-order chi connectivity index (χ1) is 14.8. The zero-order valence-electron chi connectivity index (χ0n) is 17.0. The molecule has 0 saturated heterocycles. The maximum atomic E-state index is 12.1. The van der Waals surface area contributed by atoms with Gasteiger partial charge in [0, 0.05) is 5.69 Å². The molecule has 3 aromatic rings. The average molecular weight is 458 g/mol. The lowest BCUT2D eigenvalue weighted by atomic mass is 10.0. The topological polar surface area (TPSA) is 64.6 Å². The molecule has 0 bridgehead atoms. The number of hydrogen-bond acceptors (Lipinski definition) is 4. The molecular weight excluding hydrogens is 437 g/mol. The van der Waals surface area contributed by atoms with Gasteiger partial charge >= 0.3 is 11.9 Å². The summed E-state index contributed by atoms with van der Waals surface area (Å²) >= 11 is 12.6. The van der Waals surface area contributed by atoms with Gasteiger partial charge < -0.3 is 14.8 Å². The summed E-state index contributed by atoms with van der Waals surface area (Å²) in [4.78, 5) is 24.1. The van der Waals surface area contributed by atoms with E-state index in [0.29, 0.717) is 11.7 Å². The molecule has 0 spiro atoms. The second-order valence-corrected chi connectivity index (χ2v) is 7.93. The number of benzene rings is 3. The molecular formula is C24H21Cl2NO4. The number of rotatable bonds is 6. The Labute approximate surface area is 190 Å². The predicted octanol–water partition coefficient (Wildman–Crippen LogP) is 6.59. The normalized spacial score (nSPS) is 10.6. The molecule has 0 unspecified atom stereocenters. The summed E-state index contributed by atoms with van der Waals surface area (Å²) in [5.41, 5.74) is 2.14. The van der Waals surface area contributed by atoms with Crippen molar-refractivity contribution < 1.29 is 19.1 Å². The van der Waals surface area contributed by atoms with Crippen LogP contribution in [0.5, 0.6) is 11.5 Å². The zero-order chi connectivity index (χ0) is 22.4. The van der Waals surface area contributed by atoms with Crippen LogP contribution >= 0.6 is 23.2 Å². The van der Waals surface area contributed by atoms with Gasteiger partial charge in [0.1, 0.15) is 12.4 Å². The van der Waals surface area contributed by atoms with Crippen LogP contribution in [0.25, 0.3) is 0 Å². The number of esters is 1. The van der Waals surface area contributed by atoms with Crippen molar-refractivity contribution in [2.24, 2.45) is 0 Å². The number of carbonyl (C=O) groups is 2. The second kappa shape index (κ2) is 10.3. The van der Waals surface area contributed by atoms with Gasteiger partial charge in [-0.2, -0.15) is 0 Å². The molecule has 0 radical (unpaired) electrons. The Bertz CT molecular complexity index is 1060. The van der Waals surface area contributed by atoms with Gasteiger partial charge in [-0.3, -0.25) is 4.79 Å². The van der Waals surface area contributed by atoms with E-state index in [1.54, 1.807) is 18.2 Å². The molecule has 1 N–H and O–H groups in total. The first kappa shape index (κ1) is 22.7. The van der Waals surface area contributed by atoms with Crippen LogP contribution in [0.3, 0.4) is 0 Å². The van der Waals surface area contributed by atoms with Gasteiger partial charge in [-0.15, -0.1) is 0 Å². The Balaban J connectivity index is 1.66. The van der Waals surface area contributed by atoms with Crippen molar-refractivity contribution in [1.29, 1.82) is 0 Å². The number of hydrogen-bond donors (Lipinski definition) is 1. The molecule has 0 aromatic heterocycles. The summed E-state index contributed by atoms with van der Waals surface area (Å²) in [6.45, 7) is 4.17. The van der Waals surface area contributed by atoms with Gasteiger partial charge in [0.05, 0.1) is 10.0 Å². The molecule has 0 atom stereocenters. The maximum absolute atomic E-state index is 12.1. The van der Waals surface area contributed by atoms with Gasteiger partial charge in [-0.25, -0.2) is 4.79 Å². The number of carbonyl (C=O) groups excluding carboxylic acids is 2. The van der Waals surface area contributed by atoms with E-state index in [4.69, 9.17) is 32.7 Å². The van der Waals surface area contributed by atoms with Gasteiger partial charge in [0.15, 0.2) is 5.75 Å². The van der Waals surface area contributed by atoms with Gasteiger partial charge in [-0.05, 0) is 41.3 Å². The highest BCUT2D eigenvalue weighted by molar-refractivity contribution is 6.39. The van der Waals surface area contributed by atoms with E-state index in [-0.39, 0.29) is 28.1 Å². The van der Waals surface area contributed by atoms with Crippen molar-refractivity contribution >= 4 is 40.8 Å². The molecule has 5 nitrogen and oxygen atoms in total. The lowest BCUT2D eigenvalue weighted by molar-refractivity contribution is -0.153. The minimum atomic E-state index is -1.01. The van der Waals surface area contributed by atoms with Crippen molar-refractivity contribution in [3.05, 3.63) is 87.9 Å². The number of ether oxygens (including phenoxy) is 2. The number of anilines is 1. The summed E-state index contributed by atoms with van der Waals surface area (Å²) in [7, 11) is 0. The third kappa shape index (κ3) is 6.23. The van der Waals surface area contributed by atoms with Crippen LogP contribution in [-0.4, -0.2) is 11.9 Å². The van der Waals surface area contributed by atoms with E-state index >= 15 is 0 Å². The number of halogens is 2. The Hall–Kier alpha value is -3.02. The quantitative estimate of drug-likeness (QED) is 0.334. The number of amides is 1. The molecule has 0 heterocycles. The van der Waals surface area contributed by atoms with Crippen molar-refractivity contribution in [3.8, 4) is 11.5 Å². The van der Waals surface area contributed by atoms with Crippen molar-refractivity contribution in [2.75, 3.05) is 5.32 Å². The smallest absolute Gasteiger partial charge is 0.397 e. The molecule has 7 heteroatoms. The summed E-state index contributed by atoms with van der Waals surface area (Å²) in [5.74, 6) is -0.748. The Morgan fingerprint density at radius 1 is 0.935 bits per heavy atom. The van der Waals surface area contributed by atoms with Crippen LogP contribution in [-0.2, 0) is 20.9 Å². The first-order valence-electron chi connectivity index (χ1n) is 9.62. The number of nitrogens with one attached hydrogen (secondary N) is 1. The van der Waals surface area contributed by atoms with E-state index in [9.17, 15) is 9.59 Å². The monoisotopic (exact) mass is 457 g/mol. The zero-order valence-corrected chi connectivity index (χ0v) is 18.5. The fourth-order valence-corrected chi connectivity index (χ4v) is 3.32. The minimum Gasteiger partial charge on any atom is -0.454 e. The summed E-state index contributed by atoms with van der Waals surface area (Å²) < 4.78 is 10.9. The van der Waals surface area contributed by atoms with E-state index in [1.165, 1.54) is 12.1 Å². The molecule has 0 aliphatic carbocycles. The third-order valence-electron chi connectivity index (χ3n) is 4.40. The lowest BCUT2D eigenvalue weighted by Gasteiger charge is -2.13. The van der Waals surface area contributed by atoms with Crippen LogP contribution in [0.2, 0.25) is 10.0 Å². The first-order valence-corrected chi connectivity index (χ1v) is 10.4. The van der Waals surface area contributed by atoms with Crippen LogP contribution < -0.4 is 10.1 Å². The summed E-state index contributed by atoms with van der Waals surface area (Å²) in [6, 6.07) is 19.6. The highest BCUT2D eigenvalue weighted by Crippen LogP contribution is 2.39. The molecule has 0 saturated carbocycles. The highest BCUT2D eigenvalue weighted by atomic mass is 35.5. The molecule has 3 aromatic carbocycles. The van der Waals surface area contributed by atoms with E-state index in [2.05, 4.69) is 19.2 Å². The molecule has 3 rings (SSSR count). The van der Waals surface area contributed by atoms with Crippen LogP contribution in [0.1, 0.15) is 30.9 Å². The van der Waals surface area contributed by atoms with Crippen LogP contribution in [0.15, 0.2) is 66.7 Å². The van der Waals surface area contributed by atoms with Gasteiger partial charge in [0.25, 0.3) is 0 Å². The summed E-state index contributed by atoms with van der Waals surface area (Å²) in [6.07, 6.45) is 0. The van der Waals surface area contributed by atoms with Crippen molar-refractivity contribution in [1.82, 2.24) is 0 Å². The second-order valence-electron chi connectivity index (χ2n) is 7.11. The van der Waals surface area contributed by atoms with Crippen molar-refractivity contribution in [2.45, 2.75) is 26.4 Å². The van der Waals surface area contributed by atoms with E-state index in [1.807, 2.05) is 36.4 Å². The largest absolute Gasteiger partial charge is 0.454 e. The molecule has 0 fully saturated rings. The Morgan fingerprint density at radius 2 is 1.61 bits per heavy atom. The average Bonchev–Trinajstić information content (AvgIpc) is 2.75. The molecule has 0 aliphatic heterocycles. The molecule has 0 aliphatic rings. The predicted molar refractivity (Wildman–Crippen MR) is 122 cm³/mol. The van der Waals surface area contributed by atoms with Crippen molar-refractivity contribution in [3.63, 3.8) is 0 Å². The van der Waals surface area contributed by atoms with Gasteiger partial charge in [-0.1, -0.05) is 79.5 Å². The lowest BCUT2D eigenvalue weighted by Crippen LogP contribution is -2.25. The van der Waals surface area contributed by atoms with Crippen LogP contribution in [0, 0.1) is 0 Å². The van der Waals surface area contributed by atoms with E-state index in [0.717, 1.165) is 11.1 Å². The standard InChI is InChI=1S/C24H21Cl2NO4/c1-15(2)17-9-6-10-19(11-17)31-22-20(25)12-18(13-21(22)26)27-23(28)24(29)30-14-16-7-4-3-5-8-16/h3-13,15H,14H2,1-2H3,(H,27,28). The molecule has 160 valence electrons. The SMILES string of the molecule is CC(C)c1cccc(Oc2c(Cl)cc(NC(=O)C(=O)OCc3ccccc3)cc2Cl)c1. The Morgan fingerprint density at radius 3 is 2.26 bits per heavy atom. The van der Waals surface area contributed by atoms with Gasteiger partial charge in [0.2, 0.25) is 0 Å². The highest BCUT2D eigenvalue weighted by Gasteiger charge is 2.18.